The molecule has 2 aromatic rings. The Kier molecular flexibility index (Phi) is 7.07. The minimum absolute atomic E-state index is 0.00898. The van der Waals surface area contributed by atoms with Gasteiger partial charge >= 0.3 is 0 Å². The fourth-order valence-electron chi connectivity index (χ4n) is 2.58. The Morgan fingerprint density at radius 2 is 2.04 bits per heavy atom. The predicted octanol–water partition coefficient (Wildman–Crippen LogP) is 4.66. The van der Waals surface area contributed by atoms with Crippen molar-refractivity contribution >= 4 is 17.4 Å². The number of aryl methyl sites for hydroxylation is 1. The lowest BCUT2D eigenvalue weighted by Gasteiger charge is -2.19. The van der Waals surface area contributed by atoms with Crippen LogP contribution in [0.2, 0.25) is 0 Å². The maximum Gasteiger partial charge on any atom is 0.282 e. The van der Waals surface area contributed by atoms with Crippen molar-refractivity contribution in [2.75, 3.05) is 7.11 Å². The van der Waals surface area contributed by atoms with Crippen LogP contribution in [0.3, 0.4) is 0 Å². The molecule has 0 radical (unpaired) electrons. The van der Waals surface area contributed by atoms with Crippen molar-refractivity contribution in [2.24, 2.45) is 10.2 Å². The highest BCUT2D eigenvalue weighted by Crippen LogP contribution is 2.22. The predicted molar refractivity (Wildman–Crippen MR) is 108 cm³/mol. The van der Waals surface area contributed by atoms with Crippen LogP contribution in [-0.2, 0) is 18.5 Å². The summed E-state index contributed by atoms with van der Waals surface area (Å²) in [6.45, 7) is 8.52. The number of hydrogen-bond donors (Lipinski definition) is 0. The van der Waals surface area contributed by atoms with Gasteiger partial charge in [0.2, 0.25) is 0 Å². The SMILES string of the molecule is CCCCc1cn(C(C)(C)C)sc1=NC(=O)c1cc(CN=O)ccc1OC. The summed E-state index contributed by atoms with van der Waals surface area (Å²) in [6, 6.07) is 5.02. The molecule has 1 aromatic heterocycles. The summed E-state index contributed by atoms with van der Waals surface area (Å²) < 4.78 is 8.16. The van der Waals surface area contributed by atoms with Crippen molar-refractivity contribution in [3.05, 3.63) is 50.7 Å². The third-order valence-corrected chi connectivity index (χ3v) is 5.51. The van der Waals surface area contributed by atoms with E-state index in [2.05, 4.69) is 48.0 Å². The Morgan fingerprint density at radius 1 is 1.30 bits per heavy atom. The maximum atomic E-state index is 12.9. The summed E-state index contributed by atoms with van der Waals surface area (Å²) in [5.41, 5.74) is 2.01. The summed E-state index contributed by atoms with van der Waals surface area (Å²) in [4.78, 5) is 27.8. The first-order valence-corrected chi connectivity index (χ1v) is 9.85. The minimum Gasteiger partial charge on any atom is -0.496 e. The fraction of sp³-hybridized carbons (Fsp3) is 0.500. The molecule has 7 heteroatoms. The quantitative estimate of drug-likeness (QED) is 0.646. The molecule has 1 aromatic carbocycles. The number of hydrogen-bond acceptors (Lipinski definition) is 5. The highest BCUT2D eigenvalue weighted by Gasteiger charge is 2.17. The lowest BCUT2D eigenvalue weighted by molar-refractivity contribution is 0.0996. The second-order valence-corrected chi connectivity index (χ2v) is 8.35. The molecule has 2 rings (SSSR count). The zero-order valence-electron chi connectivity index (χ0n) is 16.6. The molecule has 0 saturated carbocycles. The molecule has 0 bridgehead atoms. The molecule has 0 saturated heterocycles. The van der Waals surface area contributed by atoms with Crippen LogP contribution in [0, 0.1) is 4.91 Å². The van der Waals surface area contributed by atoms with E-state index in [4.69, 9.17) is 4.74 Å². The van der Waals surface area contributed by atoms with Crippen LogP contribution in [0.4, 0.5) is 0 Å². The van der Waals surface area contributed by atoms with Crippen LogP contribution in [0.15, 0.2) is 34.6 Å². The van der Waals surface area contributed by atoms with Crippen molar-refractivity contribution in [2.45, 2.75) is 59.0 Å². The lowest BCUT2D eigenvalue weighted by Crippen LogP contribution is -2.18. The van der Waals surface area contributed by atoms with Gasteiger partial charge in [-0.3, -0.25) is 8.75 Å². The van der Waals surface area contributed by atoms with Crippen LogP contribution < -0.4 is 9.41 Å². The van der Waals surface area contributed by atoms with Crippen LogP contribution in [0.1, 0.15) is 62.0 Å². The fourth-order valence-corrected chi connectivity index (χ4v) is 3.62. The van der Waals surface area contributed by atoms with Crippen LogP contribution in [-0.4, -0.2) is 17.0 Å². The average Bonchev–Trinajstić information content (AvgIpc) is 3.03. The number of carbonyl (C=O) groups excluding carboxylic acids is 1. The van der Waals surface area contributed by atoms with Gasteiger partial charge in [-0.25, -0.2) is 0 Å². The first kappa shape index (κ1) is 21.0. The van der Waals surface area contributed by atoms with Gasteiger partial charge in [0.15, 0.2) is 0 Å². The summed E-state index contributed by atoms with van der Waals surface area (Å²) in [5, 5.41) is 2.89. The van der Waals surface area contributed by atoms with Crippen molar-refractivity contribution in [3.63, 3.8) is 0 Å². The summed E-state index contributed by atoms with van der Waals surface area (Å²) in [7, 11) is 1.51. The number of nitroso groups, excluding NO2 is 1. The van der Waals surface area contributed by atoms with Crippen LogP contribution in [0.5, 0.6) is 5.75 Å². The molecule has 0 N–H and O–H groups in total. The van der Waals surface area contributed by atoms with Gasteiger partial charge in [-0.2, -0.15) is 9.90 Å². The van der Waals surface area contributed by atoms with Crippen molar-refractivity contribution in [1.29, 1.82) is 0 Å². The van der Waals surface area contributed by atoms with E-state index in [9.17, 15) is 9.70 Å². The van der Waals surface area contributed by atoms with E-state index >= 15 is 0 Å². The molecule has 0 unspecified atom stereocenters. The second kappa shape index (κ2) is 9.08. The third-order valence-electron chi connectivity index (χ3n) is 4.14. The molecular formula is C20H27N3O3S. The first-order chi connectivity index (χ1) is 12.8. The van der Waals surface area contributed by atoms with Gasteiger partial charge in [0.1, 0.15) is 17.0 Å². The molecule has 0 aliphatic heterocycles. The Hall–Kier alpha value is -2.28. The monoisotopic (exact) mass is 389 g/mol. The number of ether oxygens (including phenoxy) is 1. The van der Waals surface area contributed by atoms with E-state index in [-0.39, 0.29) is 18.0 Å². The molecule has 146 valence electrons. The van der Waals surface area contributed by atoms with Crippen LogP contribution >= 0.6 is 11.5 Å². The highest BCUT2D eigenvalue weighted by molar-refractivity contribution is 7.04. The number of carbonyl (C=O) groups is 1. The van der Waals surface area contributed by atoms with E-state index < -0.39 is 0 Å². The standard InChI is InChI=1S/C20H27N3O3S/c1-6-7-8-15-13-23(20(2,3)4)27-19(15)22-18(24)16-11-14(12-21-25)9-10-17(16)26-5/h9-11,13H,6-8,12H2,1-5H3. The van der Waals surface area contributed by atoms with Gasteiger partial charge in [0, 0.05) is 17.3 Å². The molecule has 0 atom stereocenters. The molecular weight excluding hydrogens is 362 g/mol. The Balaban J connectivity index is 2.51. The Bertz CT molecular complexity index is 875. The van der Waals surface area contributed by atoms with Gasteiger partial charge < -0.3 is 4.74 Å². The molecule has 27 heavy (non-hydrogen) atoms. The van der Waals surface area contributed by atoms with E-state index in [0.29, 0.717) is 16.9 Å². The maximum absolute atomic E-state index is 12.9. The van der Waals surface area contributed by atoms with Crippen LogP contribution in [0.25, 0.3) is 0 Å². The smallest absolute Gasteiger partial charge is 0.282 e. The van der Waals surface area contributed by atoms with Gasteiger partial charge in [-0.1, -0.05) is 24.6 Å². The van der Waals surface area contributed by atoms with Gasteiger partial charge in [-0.05, 0) is 62.8 Å². The minimum atomic E-state index is -0.375. The number of unbranched alkanes of at least 4 members (excludes halogenated alkanes) is 1. The Morgan fingerprint density at radius 3 is 2.63 bits per heavy atom. The number of amides is 1. The summed E-state index contributed by atoms with van der Waals surface area (Å²) in [6.07, 6.45) is 5.10. The number of nitrogens with zero attached hydrogens (tertiary/aromatic N) is 3. The van der Waals surface area contributed by atoms with Crippen molar-refractivity contribution < 1.29 is 9.53 Å². The number of methoxy groups -OCH3 is 1. The zero-order chi connectivity index (χ0) is 20.0. The number of rotatable bonds is 7. The molecule has 6 nitrogen and oxygen atoms in total. The zero-order valence-corrected chi connectivity index (χ0v) is 17.4. The van der Waals surface area contributed by atoms with Gasteiger partial charge in [-0.15, -0.1) is 0 Å². The molecule has 0 fully saturated rings. The van der Waals surface area contributed by atoms with E-state index in [1.807, 2.05) is 0 Å². The molecule has 1 heterocycles. The van der Waals surface area contributed by atoms with E-state index in [1.54, 1.807) is 18.2 Å². The largest absolute Gasteiger partial charge is 0.496 e. The molecule has 0 aliphatic rings. The van der Waals surface area contributed by atoms with Crippen molar-refractivity contribution in [3.8, 4) is 5.75 Å². The number of benzene rings is 1. The number of aromatic nitrogens is 1. The average molecular weight is 390 g/mol. The first-order valence-electron chi connectivity index (χ1n) is 9.07. The summed E-state index contributed by atoms with van der Waals surface area (Å²) >= 11 is 1.49. The van der Waals surface area contributed by atoms with Gasteiger partial charge in [0.05, 0.1) is 12.7 Å². The normalized spacial score (nSPS) is 12.3. The molecule has 0 spiro atoms. The molecule has 0 aliphatic carbocycles. The van der Waals surface area contributed by atoms with E-state index in [0.717, 1.165) is 29.5 Å². The lowest BCUT2D eigenvalue weighted by atomic mass is 10.1. The van der Waals surface area contributed by atoms with E-state index in [1.165, 1.54) is 18.6 Å². The van der Waals surface area contributed by atoms with Crippen molar-refractivity contribution in [1.82, 2.24) is 3.96 Å². The molecule has 1 amide bonds. The third kappa shape index (κ3) is 5.35. The Labute approximate surface area is 164 Å². The highest BCUT2D eigenvalue weighted by atomic mass is 32.1. The topological polar surface area (TPSA) is 73.0 Å². The summed E-state index contributed by atoms with van der Waals surface area (Å²) in [5.74, 6) is 0.0639. The second-order valence-electron chi connectivity index (χ2n) is 7.39. The van der Waals surface area contributed by atoms with Gasteiger partial charge in [0.25, 0.3) is 5.91 Å².